The fraction of sp³-hybridized carbons (Fsp3) is 0.462. The minimum Gasteiger partial charge on any atom is -0.444 e. The molecule has 0 atom stereocenters. The summed E-state index contributed by atoms with van der Waals surface area (Å²) in [5.41, 5.74) is 4.19. The number of benzene rings is 1. The summed E-state index contributed by atoms with van der Waals surface area (Å²) in [5, 5.41) is 0. The maximum absolute atomic E-state index is 12.1. The van der Waals surface area contributed by atoms with Gasteiger partial charge in [-0.25, -0.2) is 13.2 Å². The summed E-state index contributed by atoms with van der Waals surface area (Å²) in [6.07, 6.45) is -0.0459. The zero-order valence-electron chi connectivity index (χ0n) is 11.4. The van der Waals surface area contributed by atoms with E-state index in [4.69, 9.17) is 10.5 Å². The van der Waals surface area contributed by atoms with Gasteiger partial charge in [-0.3, -0.25) is 0 Å². The van der Waals surface area contributed by atoms with Gasteiger partial charge in [-0.05, 0) is 51.0 Å². The van der Waals surface area contributed by atoms with E-state index in [1.165, 1.54) is 0 Å². The van der Waals surface area contributed by atoms with Crippen molar-refractivity contribution in [1.82, 2.24) is 0 Å². The predicted octanol–water partition coefficient (Wildman–Crippen LogP) is 2.88. The zero-order chi connectivity index (χ0) is 15.4. The van der Waals surface area contributed by atoms with Crippen LogP contribution in [-0.2, 0) is 14.6 Å². The zero-order valence-corrected chi connectivity index (χ0v) is 13.8. The van der Waals surface area contributed by atoms with E-state index < -0.39 is 21.5 Å². The minimum atomic E-state index is -3.32. The van der Waals surface area contributed by atoms with E-state index >= 15 is 0 Å². The van der Waals surface area contributed by atoms with Gasteiger partial charge in [-0.1, -0.05) is 15.9 Å². The van der Waals surface area contributed by atoms with Crippen molar-refractivity contribution < 1.29 is 17.9 Å². The summed E-state index contributed by atoms with van der Waals surface area (Å²) >= 11 is 3.26. The first-order chi connectivity index (χ1) is 9.12. The molecule has 1 aromatic rings. The van der Waals surface area contributed by atoms with Crippen molar-refractivity contribution in [3.8, 4) is 0 Å². The summed E-state index contributed by atoms with van der Waals surface area (Å²) in [7, 11) is -3.32. The molecule has 112 valence electrons. The predicted molar refractivity (Wildman–Crippen MR) is 80.2 cm³/mol. The topological polar surface area (TPSA) is 86.5 Å². The Morgan fingerprint density at radius 2 is 1.85 bits per heavy atom. The molecule has 0 saturated carbocycles. The van der Waals surface area contributed by atoms with Crippen LogP contribution in [0.1, 0.15) is 26.7 Å². The van der Waals surface area contributed by atoms with Crippen molar-refractivity contribution in [1.29, 1.82) is 0 Å². The van der Waals surface area contributed by atoms with E-state index in [2.05, 4.69) is 15.9 Å². The second-order valence-corrected chi connectivity index (χ2v) is 8.08. The molecule has 7 heteroatoms. The molecule has 0 bridgehead atoms. The first kappa shape index (κ1) is 17.0. The van der Waals surface area contributed by atoms with Crippen molar-refractivity contribution >= 4 is 31.9 Å². The highest BCUT2D eigenvalue weighted by Gasteiger charge is 2.23. The maximum atomic E-state index is 12.1. The fourth-order valence-electron chi connectivity index (χ4n) is 1.77. The summed E-state index contributed by atoms with van der Waals surface area (Å²) in [4.78, 5) is 11.0. The highest BCUT2D eigenvalue weighted by molar-refractivity contribution is 9.10. The van der Waals surface area contributed by atoms with Gasteiger partial charge in [-0.2, -0.15) is 0 Å². The lowest BCUT2D eigenvalue weighted by molar-refractivity contribution is 0.0388. The molecule has 0 heterocycles. The largest absolute Gasteiger partial charge is 0.444 e. The molecule has 1 rings (SSSR count). The van der Waals surface area contributed by atoms with Crippen LogP contribution in [0.25, 0.3) is 0 Å². The van der Waals surface area contributed by atoms with Crippen LogP contribution < -0.4 is 5.73 Å². The minimum absolute atomic E-state index is 0.000183. The van der Waals surface area contributed by atoms with E-state index in [-0.39, 0.29) is 10.6 Å². The Labute approximate surface area is 127 Å². The molecule has 0 aliphatic heterocycles. The molecular formula is C13H18BrNO4S. The summed E-state index contributed by atoms with van der Waals surface area (Å²) < 4.78 is 29.9. The first-order valence-corrected chi connectivity index (χ1v) is 8.54. The van der Waals surface area contributed by atoms with Crippen LogP contribution >= 0.6 is 15.9 Å². The number of carbonyl (C=O) groups excluding carboxylic acids is 1. The molecule has 5 nitrogen and oxygen atoms in total. The van der Waals surface area contributed by atoms with Crippen molar-refractivity contribution in [2.45, 2.75) is 37.2 Å². The SMILES string of the molecule is CC(C)(CCCS(=O)(=O)c1ccc(Br)cc1)OC(N)=O. The number of ether oxygens (including phenoxy) is 1. The van der Waals surface area contributed by atoms with Crippen LogP contribution in [0.3, 0.4) is 0 Å². The number of rotatable bonds is 6. The second kappa shape index (κ2) is 6.58. The number of halogens is 1. The molecule has 0 spiro atoms. The van der Waals surface area contributed by atoms with Gasteiger partial charge in [0.15, 0.2) is 9.84 Å². The van der Waals surface area contributed by atoms with Gasteiger partial charge in [0.05, 0.1) is 10.6 Å². The molecular weight excluding hydrogens is 346 g/mol. The van der Waals surface area contributed by atoms with Crippen LogP contribution in [-0.4, -0.2) is 25.9 Å². The van der Waals surface area contributed by atoms with Crippen LogP contribution in [0.5, 0.6) is 0 Å². The van der Waals surface area contributed by atoms with Crippen LogP contribution in [0, 0.1) is 0 Å². The highest BCUT2D eigenvalue weighted by atomic mass is 79.9. The molecule has 20 heavy (non-hydrogen) atoms. The number of hydrogen-bond donors (Lipinski definition) is 1. The van der Waals surface area contributed by atoms with E-state index in [1.807, 2.05) is 0 Å². The molecule has 0 radical (unpaired) electrons. The van der Waals surface area contributed by atoms with E-state index in [9.17, 15) is 13.2 Å². The Balaban J connectivity index is 2.60. The van der Waals surface area contributed by atoms with Gasteiger partial charge in [-0.15, -0.1) is 0 Å². The van der Waals surface area contributed by atoms with Crippen LogP contribution in [0.2, 0.25) is 0 Å². The van der Waals surface area contributed by atoms with Crippen molar-refractivity contribution in [3.63, 3.8) is 0 Å². The lowest BCUT2D eigenvalue weighted by Crippen LogP contribution is -2.31. The monoisotopic (exact) mass is 363 g/mol. The molecule has 1 amide bonds. The molecule has 2 N–H and O–H groups in total. The van der Waals surface area contributed by atoms with E-state index in [1.54, 1.807) is 38.1 Å². The van der Waals surface area contributed by atoms with Crippen molar-refractivity contribution in [2.75, 3.05) is 5.75 Å². The maximum Gasteiger partial charge on any atom is 0.405 e. The van der Waals surface area contributed by atoms with Gasteiger partial charge in [0, 0.05) is 4.47 Å². The van der Waals surface area contributed by atoms with Gasteiger partial charge < -0.3 is 10.5 Å². The van der Waals surface area contributed by atoms with Crippen molar-refractivity contribution in [2.24, 2.45) is 5.73 Å². The third-order valence-electron chi connectivity index (χ3n) is 2.74. The number of nitrogens with two attached hydrogens (primary N) is 1. The third-order valence-corrected chi connectivity index (χ3v) is 5.09. The molecule has 0 saturated heterocycles. The van der Waals surface area contributed by atoms with Gasteiger partial charge in [0.1, 0.15) is 5.60 Å². The van der Waals surface area contributed by atoms with Crippen LogP contribution in [0.4, 0.5) is 4.79 Å². The second-order valence-electron chi connectivity index (χ2n) is 5.06. The quantitative estimate of drug-likeness (QED) is 0.841. The summed E-state index contributed by atoms with van der Waals surface area (Å²) in [6, 6.07) is 6.50. The Bertz CT molecular complexity index is 567. The Kier molecular flexibility index (Phi) is 5.59. The molecule has 0 fully saturated rings. The third kappa shape index (κ3) is 5.50. The smallest absolute Gasteiger partial charge is 0.405 e. The summed E-state index contributed by atoms with van der Waals surface area (Å²) in [6.45, 7) is 3.40. The number of amides is 1. The Morgan fingerprint density at radius 3 is 2.35 bits per heavy atom. The average Bonchev–Trinajstić information content (AvgIpc) is 2.26. The summed E-state index contributed by atoms with van der Waals surface area (Å²) in [5.74, 6) is 0.000183. The van der Waals surface area contributed by atoms with Crippen LogP contribution in [0.15, 0.2) is 33.6 Å². The molecule has 0 unspecified atom stereocenters. The number of carbonyl (C=O) groups is 1. The lowest BCUT2D eigenvalue weighted by atomic mass is 10.0. The van der Waals surface area contributed by atoms with E-state index in [0.29, 0.717) is 12.8 Å². The average molecular weight is 364 g/mol. The number of sulfone groups is 1. The normalized spacial score (nSPS) is 12.2. The molecule has 0 aliphatic carbocycles. The number of hydrogen-bond acceptors (Lipinski definition) is 4. The van der Waals surface area contributed by atoms with Gasteiger partial charge >= 0.3 is 6.09 Å². The molecule has 0 aliphatic rings. The fourth-order valence-corrected chi connectivity index (χ4v) is 3.35. The van der Waals surface area contributed by atoms with Gasteiger partial charge in [0.2, 0.25) is 0 Å². The number of primary amides is 1. The Morgan fingerprint density at radius 1 is 1.30 bits per heavy atom. The van der Waals surface area contributed by atoms with Gasteiger partial charge in [0.25, 0.3) is 0 Å². The van der Waals surface area contributed by atoms with E-state index in [0.717, 1.165) is 4.47 Å². The lowest BCUT2D eigenvalue weighted by Gasteiger charge is -2.23. The first-order valence-electron chi connectivity index (χ1n) is 6.09. The molecule has 1 aromatic carbocycles. The highest BCUT2D eigenvalue weighted by Crippen LogP contribution is 2.20. The molecule has 0 aromatic heterocycles. The van der Waals surface area contributed by atoms with Crippen molar-refractivity contribution in [3.05, 3.63) is 28.7 Å². The standard InChI is InChI=1S/C13H18BrNO4S/c1-13(2,19-12(15)16)8-3-9-20(17,18)11-6-4-10(14)5-7-11/h4-7H,3,8-9H2,1-2H3,(H2,15,16). The Hall–Kier alpha value is -1.08.